The topological polar surface area (TPSA) is 67.1 Å². The van der Waals surface area contributed by atoms with Crippen molar-refractivity contribution in [2.45, 2.75) is 65.5 Å². The van der Waals surface area contributed by atoms with E-state index in [1.54, 1.807) is 11.3 Å². The molecule has 3 aromatic rings. The maximum atomic E-state index is 6.18. The van der Waals surface area contributed by atoms with E-state index in [9.17, 15) is 0 Å². The number of aryl methyl sites for hydroxylation is 1. The molecule has 0 atom stereocenters. The molecule has 6 heteroatoms. The van der Waals surface area contributed by atoms with Crippen LogP contribution in [0, 0.1) is 0 Å². The first kappa shape index (κ1) is 21.9. The molecule has 0 bridgehead atoms. The van der Waals surface area contributed by atoms with E-state index in [1.807, 2.05) is 0 Å². The fourth-order valence-corrected chi connectivity index (χ4v) is 4.49. The summed E-state index contributed by atoms with van der Waals surface area (Å²) in [7, 11) is 2.21. The van der Waals surface area contributed by atoms with E-state index in [4.69, 9.17) is 10.7 Å². The molecule has 0 radical (unpaired) electrons. The molecule has 0 aliphatic rings. The maximum absolute atomic E-state index is 6.18. The predicted molar refractivity (Wildman–Crippen MR) is 127 cm³/mol. The summed E-state index contributed by atoms with van der Waals surface area (Å²) in [5.74, 6) is 0.530. The van der Waals surface area contributed by atoms with Gasteiger partial charge in [0.15, 0.2) is 5.82 Å². The molecular weight excluding hydrogens is 378 g/mol. The van der Waals surface area contributed by atoms with Crippen LogP contribution in [0.15, 0.2) is 18.2 Å². The SMILES string of the molecule is CCNCc1nc2c(N)nc3ccc(CCCCCN(C)C(C)(C)C)cc3c2s1. The molecule has 0 aliphatic carbocycles. The number of fused-ring (bicyclic) bond motifs is 3. The van der Waals surface area contributed by atoms with Crippen molar-refractivity contribution in [1.29, 1.82) is 0 Å². The van der Waals surface area contributed by atoms with Crippen molar-refractivity contribution >= 4 is 38.3 Å². The van der Waals surface area contributed by atoms with Crippen LogP contribution < -0.4 is 11.1 Å². The van der Waals surface area contributed by atoms with Crippen LogP contribution in [0.4, 0.5) is 5.82 Å². The zero-order chi connectivity index (χ0) is 21.0. The van der Waals surface area contributed by atoms with Crippen LogP contribution in [0.5, 0.6) is 0 Å². The number of rotatable bonds is 9. The van der Waals surface area contributed by atoms with Crippen LogP contribution in [0.2, 0.25) is 0 Å². The van der Waals surface area contributed by atoms with Crippen LogP contribution >= 0.6 is 11.3 Å². The number of hydrogen-bond donors (Lipinski definition) is 2. The molecule has 5 nitrogen and oxygen atoms in total. The molecule has 3 rings (SSSR count). The van der Waals surface area contributed by atoms with Gasteiger partial charge in [-0.15, -0.1) is 11.3 Å². The first-order chi connectivity index (χ1) is 13.8. The smallest absolute Gasteiger partial charge is 0.151 e. The summed E-state index contributed by atoms with van der Waals surface area (Å²) in [5, 5.41) is 5.59. The van der Waals surface area contributed by atoms with E-state index in [0.717, 1.165) is 46.8 Å². The molecule has 29 heavy (non-hydrogen) atoms. The minimum Gasteiger partial charge on any atom is -0.382 e. The van der Waals surface area contributed by atoms with Gasteiger partial charge in [-0.2, -0.15) is 0 Å². The molecule has 0 fully saturated rings. The zero-order valence-electron chi connectivity index (χ0n) is 18.5. The van der Waals surface area contributed by atoms with Gasteiger partial charge in [-0.1, -0.05) is 19.4 Å². The van der Waals surface area contributed by atoms with Gasteiger partial charge < -0.3 is 16.0 Å². The van der Waals surface area contributed by atoms with E-state index in [0.29, 0.717) is 5.82 Å². The van der Waals surface area contributed by atoms with Crippen molar-refractivity contribution in [2.75, 3.05) is 25.9 Å². The fraction of sp³-hybridized carbons (Fsp3) is 0.565. The molecule has 2 heterocycles. The Morgan fingerprint density at radius 2 is 1.93 bits per heavy atom. The summed E-state index contributed by atoms with van der Waals surface area (Å²) < 4.78 is 1.16. The fourth-order valence-electron chi connectivity index (χ4n) is 3.42. The molecule has 0 saturated carbocycles. The van der Waals surface area contributed by atoms with Crippen LogP contribution in [-0.2, 0) is 13.0 Å². The molecule has 2 aromatic heterocycles. The first-order valence-corrected chi connectivity index (χ1v) is 11.5. The van der Waals surface area contributed by atoms with E-state index < -0.39 is 0 Å². The Kier molecular flexibility index (Phi) is 7.09. The molecule has 3 N–H and O–H groups in total. The van der Waals surface area contributed by atoms with Gasteiger partial charge in [-0.25, -0.2) is 9.97 Å². The van der Waals surface area contributed by atoms with Gasteiger partial charge in [0.1, 0.15) is 10.5 Å². The molecule has 0 aliphatic heterocycles. The maximum Gasteiger partial charge on any atom is 0.151 e. The Hall–Kier alpha value is -1.76. The zero-order valence-corrected chi connectivity index (χ0v) is 19.3. The third kappa shape index (κ3) is 5.44. The Bertz CT molecular complexity index is 957. The third-order valence-electron chi connectivity index (χ3n) is 5.59. The van der Waals surface area contributed by atoms with E-state index >= 15 is 0 Å². The van der Waals surface area contributed by atoms with Crippen molar-refractivity contribution in [2.24, 2.45) is 0 Å². The predicted octanol–water partition coefficient (Wildman–Crippen LogP) is 4.98. The molecule has 0 amide bonds. The average Bonchev–Trinajstić information content (AvgIpc) is 3.11. The Balaban J connectivity index is 1.69. The molecule has 0 saturated heterocycles. The van der Waals surface area contributed by atoms with Gasteiger partial charge in [-0.3, -0.25) is 0 Å². The second-order valence-corrected chi connectivity index (χ2v) is 9.90. The number of nitrogens with one attached hydrogen (secondary N) is 1. The highest BCUT2D eigenvalue weighted by molar-refractivity contribution is 7.19. The van der Waals surface area contributed by atoms with Crippen molar-refractivity contribution in [3.8, 4) is 0 Å². The van der Waals surface area contributed by atoms with Crippen molar-refractivity contribution < 1.29 is 0 Å². The number of thiazole rings is 1. The average molecular weight is 414 g/mol. The van der Waals surface area contributed by atoms with Gasteiger partial charge in [0, 0.05) is 17.5 Å². The van der Waals surface area contributed by atoms with Crippen LogP contribution in [0.3, 0.4) is 0 Å². The lowest BCUT2D eigenvalue weighted by atomic mass is 10.0. The summed E-state index contributed by atoms with van der Waals surface area (Å²) in [4.78, 5) is 11.7. The Labute approximate surface area is 178 Å². The van der Waals surface area contributed by atoms with Gasteiger partial charge in [0.2, 0.25) is 0 Å². The lowest BCUT2D eigenvalue weighted by Crippen LogP contribution is -2.38. The van der Waals surface area contributed by atoms with Gasteiger partial charge in [0.25, 0.3) is 0 Å². The number of nitrogens with two attached hydrogens (primary N) is 1. The largest absolute Gasteiger partial charge is 0.382 e. The second kappa shape index (κ2) is 9.37. The molecule has 1 aromatic carbocycles. The first-order valence-electron chi connectivity index (χ1n) is 10.7. The van der Waals surface area contributed by atoms with E-state index in [1.165, 1.54) is 30.2 Å². The van der Waals surface area contributed by atoms with Gasteiger partial charge >= 0.3 is 0 Å². The summed E-state index contributed by atoms with van der Waals surface area (Å²) in [6.45, 7) is 11.8. The van der Waals surface area contributed by atoms with Crippen LogP contribution in [-0.4, -0.2) is 40.5 Å². The number of benzene rings is 1. The number of nitrogens with zero attached hydrogens (tertiary/aromatic N) is 3. The monoisotopic (exact) mass is 413 g/mol. The number of aromatic nitrogens is 2. The minimum absolute atomic E-state index is 0.249. The van der Waals surface area contributed by atoms with Crippen molar-refractivity contribution in [3.63, 3.8) is 0 Å². The molecule has 0 unspecified atom stereocenters. The van der Waals surface area contributed by atoms with Crippen molar-refractivity contribution in [1.82, 2.24) is 20.2 Å². The highest BCUT2D eigenvalue weighted by atomic mass is 32.1. The summed E-state index contributed by atoms with van der Waals surface area (Å²) in [6, 6.07) is 6.60. The summed E-state index contributed by atoms with van der Waals surface area (Å²) >= 11 is 1.73. The highest BCUT2D eigenvalue weighted by Crippen LogP contribution is 2.33. The van der Waals surface area contributed by atoms with Crippen LogP contribution in [0.1, 0.15) is 57.5 Å². The quantitative estimate of drug-likeness (QED) is 0.484. The lowest BCUT2D eigenvalue weighted by molar-refractivity contribution is 0.172. The van der Waals surface area contributed by atoms with E-state index in [2.05, 4.69) is 68.1 Å². The molecule has 158 valence electrons. The lowest BCUT2D eigenvalue weighted by Gasteiger charge is -2.31. The number of unbranched alkanes of at least 4 members (excludes halogenated alkanes) is 2. The van der Waals surface area contributed by atoms with Gasteiger partial charge in [-0.05, 0) is 77.9 Å². The molecular formula is C23H35N5S. The number of anilines is 1. The number of pyridine rings is 1. The van der Waals surface area contributed by atoms with Crippen LogP contribution in [0.25, 0.3) is 21.1 Å². The summed E-state index contributed by atoms with van der Waals surface area (Å²) in [6.07, 6.45) is 4.81. The Morgan fingerprint density at radius 1 is 1.14 bits per heavy atom. The van der Waals surface area contributed by atoms with E-state index in [-0.39, 0.29) is 5.54 Å². The third-order valence-corrected chi connectivity index (χ3v) is 6.68. The van der Waals surface area contributed by atoms with Gasteiger partial charge in [0.05, 0.1) is 10.2 Å². The number of hydrogen-bond acceptors (Lipinski definition) is 6. The normalized spacial score (nSPS) is 12.5. The standard InChI is InChI=1S/C23H35N5S/c1-6-25-15-19-27-20-21(29-19)17-14-16(11-12-18(17)26-22(20)24)10-8-7-9-13-28(5)23(2,3)4/h11-12,14,25H,6-10,13,15H2,1-5H3,(H2,24,26). The minimum atomic E-state index is 0.249. The summed E-state index contributed by atoms with van der Waals surface area (Å²) in [5.41, 5.74) is 9.61. The Morgan fingerprint density at radius 3 is 2.66 bits per heavy atom. The highest BCUT2D eigenvalue weighted by Gasteiger charge is 2.16. The second-order valence-electron chi connectivity index (χ2n) is 8.82. The number of nitrogen functional groups attached to an aromatic ring is 1. The molecule has 0 spiro atoms. The van der Waals surface area contributed by atoms with Crippen molar-refractivity contribution in [3.05, 3.63) is 28.8 Å².